The lowest BCUT2D eigenvalue weighted by atomic mass is 10.1. The predicted octanol–water partition coefficient (Wildman–Crippen LogP) is 5.99. The maximum absolute atomic E-state index is 9.27. The zero-order valence-electron chi connectivity index (χ0n) is 15.6. The average Bonchev–Trinajstić information content (AvgIpc) is 2.61. The van der Waals surface area contributed by atoms with E-state index in [-0.39, 0.29) is 6.61 Å². The van der Waals surface area contributed by atoms with Crippen molar-refractivity contribution in [1.82, 2.24) is 4.98 Å². The molecule has 0 radical (unpaired) electrons. The van der Waals surface area contributed by atoms with Crippen LogP contribution >= 0.6 is 15.9 Å². The summed E-state index contributed by atoms with van der Waals surface area (Å²) in [5.74, 6) is 0.799. The Morgan fingerprint density at radius 2 is 2.04 bits per heavy atom. The van der Waals surface area contributed by atoms with E-state index >= 15 is 0 Å². The van der Waals surface area contributed by atoms with Crippen LogP contribution in [0.2, 0.25) is 0 Å². The second-order valence-corrected chi connectivity index (χ2v) is 7.43. The van der Waals surface area contributed by atoms with Crippen LogP contribution in [-0.4, -0.2) is 23.3 Å². The van der Waals surface area contributed by atoms with Crippen LogP contribution in [0, 0.1) is 0 Å². The zero-order chi connectivity index (χ0) is 18.9. The molecule has 2 aromatic rings. The first kappa shape index (κ1) is 20.4. The summed E-state index contributed by atoms with van der Waals surface area (Å²) in [7, 11) is 0. The molecule has 0 atom stereocenters. The molecule has 138 valence electrons. The second kappa shape index (κ2) is 10.3. The maximum atomic E-state index is 9.27. The van der Waals surface area contributed by atoms with Crippen molar-refractivity contribution in [2.75, 3.05) is 13.2 Å². The number of halogens is 1. The summed E-state index contributed by atoms with van der Waals surface area (Å²) in [5.41, 5.74) is 4.35. The number of benzene rings is 1. The molecule has 0 aliphatic carbocycles. The summed E-state index contributed by atoms with van der Waals surface area (Å²) in [6.07, 6.45) is 9.75. The number of rotatable bonds is 8. The van der Waals surface area contributed by atoms with Crippen molar-refractivity contribution in [3.8, 4) is 5.75 Å². The molecule has 0 spiro atoms. The average molecular weight is 416 g/mol. The van der Waals surface area contributed by atoms with Gasteiger partial charge in [0, 0.05) is 9.86 Å². The number of hydrogen-bond acceptors (Lipinski definition) is 3. The molecular formula is C22H26BrNO2. The summed E-state index contributed by atoms with van der Waals surface area (Å²) in [4.78, 5) is 4.42. The monoisotopic (exact) mass is 415 g/mol. The predicted molar refractivity (Wildman–Crippen MR) is 113 cm³/mol. The number of allylic oxidation sites excluding steroid dienone is 4. The van der Waals surface area contributed by atoms with Gasteiger partial charge in [-0.2, -0.15) is 0 Å². The SMILES string of the molecule is CC(C)=C(/C=C\C=C(/C)CCCOc1cnc2ccc(Br)cc2c1)CO. The van der Waals surface area contributed by atoms with Gasteiger partial charge in [-0.25, -0.2) is 0 Å². The standard InChI is InChI=1S/C22H26BrNO2/c1-16(2)18(15-25)8-4-6-17(3)7-5-11-26-21-13-19-12-20(23)9-10-22(19)24-14-21/h4,6,8-10,12-14,25H,5,7,11,15H2,1-3H3/b8-4-,17-6+. The minimum atomic E-state index is 0.0793. The third-order valence-corrected chi connectivity index (χ3v) is 4.59. The highest BCUT2D eigenvalue weighted by molar-refractivity contribution is 9.10. The summed E-state index contributed by atoms with van der Waals surface area (Å²) < 4.78 is 6.87. The third kappa shape index (κ3) is 6.43. The van der Waals surface area contributed by atoms with E-state index in [0.717, 1.165) is 45.1 Å². The Bertz CT molecular complexity index is 833. The molecule has 0 saturated heterocycles. The van der Waals surface area contributed by atoms with Crippen LogP contribution in [-0.2, 0) is 0 Å². The molecule has 26 heavy (non-hydrogen) atoms. The van der Waals surface area contributed by atoms with Crippen LogP contribution < -0.4 is 4.74 Å². The lowest BCUT2D eigenvalue weighted by Gasteiger charge is -2.07. The van der Waals surface area contributed by atoms with Gasteiger partial charge in [0.15, 0.2) is 0 Å². The van der Waals surface area contributed by atoms with Crippen LogP contribution in [0.4, 0.5) is 0 Å². The summed E-state index contributed by atoms with van der Waals surface area (Å²) >= 11 is 3.48. The Kier molecular flexibility index (Phi) is 8.07. The Labute approximate surface area is 164 Å². The van der Waals surface area contributed by atoms with E-state index in [4.69, 9.17) is 4.74 Å². The van der Waals surface area contributed by atoms with Crippen LogP contribution in [0.25, 0.3) is 10.9 Å². The summed E-state index contributed by atoms with van der Waals surface area (Å²) in [5, 5.41) is 10.3. The van der Waals surface area contributed by atoms with E-state index in [0.29, 0.717) is 6.61 Å². The summed E-state index contributed by atoms with van der Waals surface area (Å²) in [6.45, 7) is 6.86. The first-order valence-corrected chi connectivity index (χ1v) is 9.58. The molecule has 3 nitrogen and oxygen atoms in total. The molecule has 1 aromatic carbocycles. The fourth-order valence-corrected chi connectivity index (χ4v) is 2.87. The van der Waals surface area contributed by atoms with Crippen molar-refractivity contribution in [3.63, 3.8) is 0 Å². The minimum Gasteiger partial charge on any atom is -0.492 e. The van der Waals surface area contributed by atoms with Gasteiger partial charge in [-0.15, -0.1) is 0 Å². The highest BCUT2D eigenvalue weighted by Crippen LogP contribution is 2.22. The van der Waals surface area contributed by atoms with Crippen molar-refractivity contribution in [2.45, 2.75) is 33.6 Å². The molecule has 4 heteroatoms. The number of hydrogen-bond donors (Lipinski definition) is 1. The fourth-order valence-electron chi connectivity index (χ4n) is 2.49. The van der Waals surface area contributed by atoms with Crippen molar-refractivity contribution in [2.24, 2.45) is 0 Å². The van der Waals surface area contributed by atoms with Gasteiger partial charge in [0.05, 0.1) is 24.9 Å². The number of fused-ring (bicyclic) bond motifs is 1. The summed E-state index contributed by atoms with van der Waals surface area (Å²) in [6, 6.07) is 8.04. The van der Waals surface area contributed by atoms with Crippen molar-refractivity contribution >= 4 is 26.8 Å². The number of nitrogens with zero attached hydrogens (tertiary/aromatic N) is 1. The lowest BCUT2D eigenvalue weighted by Crippen LogP contribution is -1.98. The number of pyridine rings is 1. The lowest BCUT2D eigenvalue weighted by molar-refractivity contribution is 0.310. The van der Waals surface area contributed by atoms with Gasteiger partial charge in [0.25, 0.3) is 0 Å². The quantitative estimate of drug-likeness (QED) is 0.425. The van der Waals surface area contributed by atoms with E-state index in [1.807, 2.05) is 50.3 Å². The van der Waals surface area contributed by atoms with Gasteiger partial charge in [-0.3, -0.25) is 4.98 Å². The Balaban J connectivity index is 1.82. The Morgan fingerprint density at radius 1 is 1.23 bits per heavy atom. The maximum Gasteiger partial charge on any atom is 0.138 e. The number of aliphatic hydroxyl groups excluding tert-OH is 1. The highest BCUT2D eigenvalue weighted by Gasteiger charge is 2.00. The first-order chi connectivity index (χ1) is 12.5. The molecule has 0 bridgehead atoms. The normalized spacial score (nSPS) is 12.0. The molecule has 0 aliphatic heterocycles. The molecule has 1 N–H and O–H groups in total. The highest BCUT2D eigenvalue weighted by atomic mass is 79.9. The van der Waals surface area contributed by atoms with Crippen LogP contribution in [0.15, 0.2) is 69.9 Å². The van der Waals surface area contributed by atoms with Gasteiger partial charge in [0.1, 0.15) is 5.75 Å². The van der Waals surface area contributed by atoms with Gasteiger partial charge < -0.3 is 9.84 Å². The second-order valence-electron chi connectivity index (χ2n) is 6.52. The van der Waals surface area contributed by atoms with Crippen molar-refractivity contribution in [3.05, 3.63) is 69.9 Å². The molecule has 0 unspecified atom stereocenters. The minimum absolute atomic E-state index is 0.0793. The largest absolute Gasteiger partial charge is 0.492 e. The number of ether oxygens (including phenoxy) is 1. The van der Waals surface area contributed by atoms with E-state index in [1.54, 1.807) is 6.20 Å². The fraction of sp³-hybridized carbons (Fsp3) is 0.318. The molecular weight excluding hydrogens is 390 g/mol. The van der Waals surface area contributed by atoms with Crippen molar-refractivity contribution in [1.29, 1.82) is 0 Å². The molecule has 2 rings (SSSR count). The van der Waals surface area contributed by atoms with Crippen LogP contribution in [0.1, 0.15) is 33.6 Å². The van der Waals surface area contributed by atoms with E-state index < -0.39 is 0 Å². The smallest absolute Gasteiger partial charge is 0.138 e. The Morgan fingerprint density at radius 3 is 2.77 bits per heavy atom. The molecule has 0 amide bonds. The van der Waals surface area contributed by atoms with Crippen LogP contribution in [0.3, 0.4) is 0 Å². The van der Waals surface area contributed by atoms with E-state index in [1.165, 1.54) is 5.57 Å². The molecule has 0 saturated carbocycles. The topological polar surface area (TPSA) is 42.4 Å². The molecule has 0 aliphatic rings. The molecule has 0 fully saturated rings. The molecule has 1 heterocycles. The number of aliphatic hydroxyl groups is 1. The van der Waals surface area contributed by atoms with Crippen molar-refractivity contribution < 1.29 is 9.84 Å². The van der Waals surface area contributed by atoms with E-state index in [9.17, 15) is 5.11 Å². The van der Waals surface area contributed by atoms with E-state index in [2.05, 4.69) is 33.9 Å². The van der Waals surface area contributed by atoms with Crippen LogP contribution in [0.5, 0.6) is 5.75 Å². The van der Waals surface area contributed by atoms with Gasteiger partial charge >= 0.3 is 0 Å². The first-order valence-electron chi connectivity index (χ1n) is 8.78. The third-order valence-electron chi connectivity index (χ3n) is 4.09. The van der Waals surface area contributed by atoms with Gasteiger partial charge in [0.2, 0.25) is 0 Å². The zero-order valence-corrected chi connectivity index (χ0v) is 17.2. The van der Waals surface area contributed by atoms with Gasteiger partial charge in [-0.1, -0.05) is 45.3 Å². The number of aromatic nitrogens is 1. The van der Waals surface area contributed by atoms with Gasteiger partial charge in [-0.05, 0) is 63.5 Å². The Hall–Kier alpha value is -1.91. The molecule has 1 aromatic heterocycles.